The Morgan fingerprint density at radius 1 is 0.794 bits per heavy atom. The lowest BCUT2D eigenvalue weighted by Gasteiger charge is -2.36. The van der Waals surface area contributed by atoms with Crippen LogP contribution in [0, 0.1) is 17.7 Å². The molecule has 1 fully saturated rings. The van der Waals surface area contributed by atoms with Gasteiger partial charge >= 0.3 is 0 Å². The Labute approximate surface area is 200 Å². The summed E-state index contributed by atoms with van der Waals surface area (Å²) in [5.41, 5.74) is 2.87. The lowest BCUT2D eigenvalue weighted by atomic mass is 9.87. The Balaban J connectivity index is 1.41. The molecule has 2 amide bonds. The van der Waals surface area contributed by atoms with Gasteiger partial charge in [-0.1, -0.05) is 60.7 Å². The van der Waals surface area contributed by atoms with Crippen molar-refractivity contribution in [3.8, 4) is 0 Å². The summed E-state index contributed by atoms with van der Waals surface area (Å²) in [6, 6.07) is 25.8. The van der Waals surface area contributed by atoms with Crippen molar-refractivity contribution >= 4 is 17.5 Å². The van der Waals surface area contributed by atoms with E-state index < -0.39 is 0 Å². The number of benzene rings is 3. The summed E-state index contributed by atoms with van der Waals surface area (Å²) < 4.78 is 13.2. The summed E-state index contributed by atoms with van der Waals surface area (Å²) in [6.07, 6.45) is 1.25. The molecule has 2 atom stereocenters. The Bertz CT molecular complexity index is 1070. The number of likely N-dealkylation sites (tertiary alicyclic amines) is 1. The van der Waals surface area contributed by atoms with E-state index in [0.29, 0.717) is 38.3 Å². The molecular weight excluding hydrogens is 429 g/mol. The summed E-state index contributed by atoms with van der Waals surface area (Å²) in [7, 11) is 0. The van der Waals surface area contributed by atoms with Crippen LogP contribution in [0.1, 0.15) is 17.5 Å². The fourth-order valence-corrected chi connectivity index (χ4v) is 4.44. The molecule has 1 aliphatic heterocycles. The number of nitrogens with zero attached hydrogens (tertiary/aromatic N) is 1. The Morgan fingerprint density at radius 2 is 1.38 bits per heavy atom. The number of halogens is 1. The van der Waals surface area contributed by atoms with E-state index in [9.17, 15) is 14.0 Å². The number of carbonyl (C=O) groups excluding carboxylic acids is 2. The predicted octanol–water partition coefficient (Wildman–Crippen LogP) is 4.26. The highest BCUT2D eigenvalue weighted by molar-refractivity contribution is 5.93. The molecule has 0 radical (unpaired) electrons. The summed E-state index contributed by atoms with van der Waals surface area (Å²) in [5, 5.41) is 5.95. The number of anilines is 1. The van der Waals surface area contributed by atoms with Crippen LogP contribution >= 0.6 is 0 Å². The second kappa shape index (κ2) is 11.6. The molecule has 6 heteroatoms. The molecule has 0 saturated carbocycles. The molecule has 2 N–H and O–H groups in total. The fraction of sp³-hybridized carbons (Fsp3) is 0.286. The third-order valence-electron chi connectivity index (χ3n) is 6.18. The first-order chi connectivity index (χ1) is 16.6. The molecule has 0 bridgehead atoms. The molecule has 1 aliphatic rings. The molecule has 1 heterocycles. The summed E-state index contributed by atoms with van der Waals surface area (Å²) >= 11 is 0. The highest BCUT2D eigenvalue weighted by Crippen LogP contribution is 2.25. The van der Waals surface area contributed by atoms with Gasteiger partial charge in [-0.3, -0.25) is 14.5 Å². The monoisotopic (exact) mass is 459 g/mol. The minimum atomic E-state index is -0.350. The average molecular weight is 460 g/mol. The third kappa shape index (κ3) is 6.75. The van der Waals surface area contributed by atoms with Crippen LogP contribution in [-0.4, -0.2) is 36.3 Å². The first kappa shape index (κ1) is 23.6. The first-order valence-corrected chi connectivity index (χ1v) is 11.7. The summed E-state index contributed by atoms with van der Waals surface area (Å²) in [5.74, 6) is -1.14. The number of amides is 2. The normalized spacial score (nSPS) is 18.3. The van der Waals surface area contributed by atoms with Gasteiger partial charge in [-0.05, 0) is 48.2 Å². The van der Waals surface area contributed by atoms with Gasteiger partial charge in [-0.25, -0.2) is 4.39 Å². The van der Waals surface area contributed by atoms with Gasteiger partial charge in [0.15, 0.2) is 0 Å². The van der Waals surface area contributed by atoms with Gasteiger partial charge in [0.25, 0.3) is 0 Å². The van der Waals surface area contributed by atoms with Crippen LogP contribution in [0.2, 0.25) is 0 Å². The molecule has 5 nitrogen and oxygen atoms in total. The van der Waals surface area contributed by atoms with E-state index in [-0.39, 0.29) is 29.5 Å². The first-order valence-electron chi connectivity index (χ1n) is 11.7. The standard InChI is InChI=1S/C28H30FN3O2/c29-25-11-13-26(14-12-25)31-28(34)24-17-23(19-32(20-24)18-22-9-5-2-6-10-22)27(33)30-16-15-21-7-3-1-4-8-21/h1-14,23-24H,15-20H2,(H,30,33)(H,31,34)/t23-,24+/m0/s1. The van der Waals surface area contributed by atoms with Gasteiger partial charge < -0.3 is 10.6 Å². The van der Waals surface area contributed by atoms with E-state index >= 15 is 0 Å². The topological polar surface area (TPSA) is 61.4 Å². The zero-order valence-corrected chi connectivity index (χ0v) is 19.1. The molecular formula is C28H30FN3O2. The number of nitrogens with one attached hydrogen (secondary N) is 2. The lowest BCUT2D eigenvalue weighted by Crippen LogP contribution is -2.49. The van der Waals surface area contributed by atoms with Crippen LogP contribution in [0.5, 0.6) is 0 Å². The maximum atomic E-state index is 13.2. The second-order valence-corrected chi connectivity index (χ2v) is 8.83. The van der Waals surface area contributed by atoms with E-state index in [2.05, 4.69) is 27.7 Å². The van der Waals surface area contributed by atoms with Gasteiger partial charge in [-0.15, -0.1) is 0 Å². The second-order valence-electron chi connectivity index (χ2n) is 8.83. The number of carbonyl (C=O) groups is 2. The molecule has 0 aliphatic carbocycles. The van der Waals surface area contributed by atoms with Crippen LogP contribution in [0.15, 0.2) is 84.9 Å². The van der Waals surface area contributed by atoms with Gasteiger partial charge in [-0.2, -0.15) is 0 Å². The van der Waals surface area contributed by atoms with Crippen molar-refractivity contribution in [1.29, 1.82) is 0 Å². The molecule has 0 spiro atoms. The zero-order valence-electron chi connectivity index (χ0n) is 19.1. The van der Waals surface area contributed by atoms with E-state index in [4.69, 9.17) is 0 Å². The van der Waals surface area contributed by atoms with Crippen LogP contribution in [0.3, 0.4) is 0 Å². The van der Waals surface area contributed by atoms with Crippen molar-refractivity contribution in [1.82, 2.24) is 10.2 Å². The summed E-state index contributed by atoms with van der Waals surface area (Å²) in [4.78, 5) is 28.3. The minimum Gasteiger partial charge on any atom is -0.355 e. The molecule has 3 aromatic carbocycles. The van der Waals surface area contributed by atoms with Crippen molar-refractivity contribution in [2.24, 2.45) is 11.8 Å². The number of rotatable bonds is 8. The summed E-state index contributed by atoms with van der Waals surface area (Å²) in [6.45, 7) is 2.40. The van der Waals surface area contributed by atoms with Gasteiger partial charge in [0.05, 0.1) is 11.8 Å². The molecule has 176 valence electrons. The van der Waals surface area contributed by atoms with Crippen LogP contribution in [-0.2, 0) is 22.6 Å². The molecule has 34 heavy (non-hydrogen) atoms. The highest BCUT2D eigenvalue weighted by Gasteiger charge is 2.35. The largest absolute Gasteiger partial charge is 0.355 e. The highest BCUT2D eigenvalue weighted by atomic mass is 19.1. The number of hydrogen-bond acceptors (Lipinski definition) is 3. The predicted molar refractivity (Wildman–Crippen MR) is 132 cm³/mol. The maximum Gasteiger partial charge on any atom is 0.228 e. The average Bonchev–Trinajstić information content (AvgIpc) is 2.86. The van der Waals surface area contributed by atoms with Crippen molar-refractivity contribution < 1.29 is 14.0 Å². The molecule has 0 unspecified atom stereocenters. The van der Waals surface area contributed by atoms with Gasteiger partial charge in [0.1, 0.15) is 5.82 Å². The van der Waals surface area contributed by atoms with Gasteiger partial charge in [0.2, 0.25) is 11.8 Å². The van der Waals surface area contributed by atoms with Crippen molar-refractivity contribution in [2.75, 3.05) is 25.0 Å². The maximum absolute atomic E-state index is 13.2. The van der Waals surface area contributed by atoms with Crippen molar-refractivity contribution in [3.63, 3.8) is 0 Å². The SMILES string of the molecule is O=C(NCCc1ccccc1)[C@H]1C[C@@H](C(=O)Nc2ccc(F)cc2)CN(Cc2ccccc2)C1. The zero-order chi connectivity index (χ0) is 23.8. The Kier molecular flexibility index (Phi) is 8.04. The molecule has 0 aromatic heterocycles. The van der Waals surface area contributed by atoms with E-state index in [0.717, 1.165) is 12.0 Å². The molecule has 1 saturated heterocycles. The van der Waals surface area contributed by atoms with Gasteiger partial charge in [0, 0.05) is 31.9 Å². The number of piperidine rings is 1. The minimum absolute atomic E-state index is 0.0201. The van der Waals surface area contributed by atoms with Crippen LogP contribution < -0.4 is 10.6 Å². The van der Waals surface area contributed by atoms with E-state index in [1.54, 1.807) is 12.1 Å². The van der Waals surface area contributed by atoms with Crippen LogP contribution in [0.4, 0.5) is 10.1 Å². The van der Waals surface area contributed by atoms with Crippen LogP contribution in [0.25, 0.3) is 0 Å². The van der Waals surface area contributed by atoms with E-state index in [1.807, 2.05) is 48.5 Å². The van der Waals surface area contributed by atoms with Crippen molar-refractivity contribution in [2.45, 2.75) is 19.4 Å². The number of hydrogen-bond donors (Lipinski definition) is 2. The quantitative estimate of drug-likeness (QED) is 0.529. The molecule has 4 rings (SSSR count). The Hall–Kier alpha value is -3.51. The smallest absolute Gasteiger partial charge is 0.228 e. The van der Waals surface area contributed by atoms with Crippen molar-refractivity contribution in [3.05, 3.63) is 102 Å². The molecule has 3 aromatic rings. The third-order valence-corrected chi connectivity index (χ3v) is 6.18. The lowest BCUT2D eigenvalue weighted by molar-refractivity contribution is -0.130. The fourth-order valence-electron chi connectivity index (χ4n) is 4.44. The van der Waals surface area contributed by atoms with E-state index in [1.165, 1.54) is 17.7 Å². The Morgan fingerprint density at radius 3 is 2.03 bits per heavy atom.